The molecule has 1 amide bonds. The lowest BCUT2D eigenvalue weighted by atomic mass is 9.95. The molecular formula is C21H32ClN3O. The fourth-order valence-electron chi connectivity index (χ4n) is 4.09. The Morgan fingerprint density at radius 2 is 1.85 bits per heavy atom. The number of carbonyl (C=O) groups excluding carboxylic acids is 1. The van der Waals surface area contributed by atoms with Gasteiger partial charge in [-0.05, 0) is 82.5 Å². The molecule has 0 atom stereocenters. The van der Waals surface area contributed by atoms with Crippen LogP contribution in [0, 0.1) is 5.92 Å². The number of nitrogens with zero attached hydrogens (tertiary/aromatic N) is 2. The second-order valence-electron chi connectivity index (χ2n) is 7.73. The summed E-state index contributed by atoms with van der Waals surface area (Å²) in [6.45, 7) is 7.30. The lowest BCUT2D eigenvalue weighted by Gasteiger charge is -2.31. The molecule has 2 aliphatic rings. The first-order chi connectivity index (χ1) is 12.7. The van der Waals surface area contributed by atoms with Gasteiger partial charge in [0.25, 0.3) is 0 Å². The molecule has 2 heterocycles. The fourth-order valence-corrected chi connectivity index (χ4v) is 4.30. The first-order valence-electron chi connectivity index (χ1n) is 10.2. The smallest absolute Gasteiger partial charge is 0.223 e. The summed E-state index contributed by atoms with van der Waals surface area (Å²) in [6.07, 6.45) is 7.03. The van der Waals surface area contributed by atoms with Crippen molar-refractivity contribution in [3.8, 4) is 0 Å². The van der Waals surface area contributed by atoms with Gasteiger partial charge in [-0.25, -0.2) is 0 Å². The maximum atomic E-state index is 12.4. The molecule has 4 nitrogen and oxygen atoms in total. The Kier molecular flexibility index (Phi) is 7.78. The summed E-state index contributed by atoms with van der Waals surface area (Å²) in [5.74, 6) is 0.437. The van der Waals surface area contributed by atoms with Crippen molar-refractivity contribution in [2.75, 3.05) is 39.3 Å². The van der Waals surface area contributed by atoms with E-state index in [0.29, 0.717) is 0 Å². The van der Waals surface area contributed by atoms with Crippen molar-refractivity contribution in [2.45, 2.75) is 45.1 Å². The highest BCUT2D eigenvalue weighted by Gasteiger charge is 2.24. The predicted octanol–water partition coefficient (Wildman–Crippen LogP) is 3.54. The van der Waals surface area contributed by atoms with Gasteiger partial charge in [-0.15, -0.1) is 0 Å². The van der Waals surface area contributed by atoms with E-state index in [9.17, 15) is 4.79 Å². The second-order valence-corrected chi connectivity index (χ2v) is 8.16. The van der Waals surface area contributed by atoms with E-state index >= 15 is 0 Å². The number of hydrogen-bond donors (Lipinski definition) is 1. The predicted molar refractivity (Wildman–Crippen MR) is 107 cm³/mol. The average molecular weight is 378 g/mol. The van der Waals surface area contributed by atoms with Crippen LogP contribution in [0.1, 0.15) is 44.1 Å². The van der Waals surface area contributed by atoms with E-state index in [1.54, 1.807) is 0 Å². The van der Waals surface area contributed by atoms with Crippen molar-refractivity contribution in [3.05, 3.63) is 34.9 Å². The molecule has 1 N–H and O–H groups in total. The lowest BCUT2D eigenvalue weighted by molar-refractivity contribution is -0.126. The Hall–Kier alpha value is -1.10. The van der Waals surface area contributed by atoms with E-state index < -0.39 is 0 Å². The van der Waals surface area contributed by atoms with E-state index in [1.165, 1.54) is 37.9 Å². The molecule has 0 radical (unpaired) electrons. The summed E-state index contributed by atoms with van der Waals surface area (Å²) in [4.78, 5) is 17.4. The van der Waals surface area contributed by atoms with Gasteiger partial charge in [-0.2, -0.15) is 0 Å². The van der Waals surface area contributed by atoms with Crippen LogP contribution in [0.25, 0.3) is 0 Å². The molecule has 0 bridgehead atoms. The van der Waals surface area contributed by atoms with Crippen LogP contribution in [0.5, 0.6) is 0 Å². The maximum absolute atomic E-state index is 12.4. The summed E-state index contributed by atoms with van der Waals surface area (Å²) < 4.78 is 0. The normalized spacial score (nSPS) is 20.2. The number of amides is 1. The van der Waals surface area contributed by atoms with Gasteiger partial charge in [-0.3, -0.25) is 9.69 Å². The number of halogens is 1. The quantitative estimate of drug-likeness (QED) is 0.738. The van der Waals surface area contributed by atoms with Crippen molar-refractivity contribution in [2.24, 2.45) is 5.92 Å². The van der Waals surface area contributed by atoms with Crippen LogP contribution >= 0.6 is 11.6 Å². The minimum Gasteiger partial charge on any atom is -0.356 e. The number of nitrogens with one attached hydrogen (secondary N) is 1. The number of likely N-dealkylation sites (tertiary alicyclic amines) is 2. The van der Waals surface area contributed by atoms with E-state index in [4.69, 9.17) is 11.6 Å². The number of rotatable bonds is 7. The van der Waals surface area contributed by atoms with E-state index in [-0.39, 0.29) is 11.8 Å². The molecule has 3 rings (SSSR count). The van der Waals surface area contributed by atoms with Gasteiger partial charge in [0.15, 0.2) is 0 Å². The molecule has 144 valence electrons. The van der Waals surface area contributed by atoms with Crippen molar-refractivity contribution < 1.29 is 4.79 Å². The monoisotopic (exact) mass is 377 g/mol. The molecule has 0 aromatic heterocycles. The summed E-state index contributed by atoms with van der Waals surface area (Å²) in [6, 6.07) is 8.06. The highest BCUT2D eigenvalue weighted by atomic mass is 35.5. The van der Waals surface area contributed by atoms with Gasteiger partial charge in [0, 0.05) is 24.0 Å². The molecule has 1 aromatic carbocycles. The molecule has 0 spiro atoms. The van der Waals surface area contributed by atoms with Gasteiger partial charge in [0.2, 0.25) is 5.91 Å². The zero-order valence-corrected chi connectivity index (χ0v) is 16.5. The van der Waals surface area contributed by atoms with Crippen LogP contribution in [-0.4, -0.2) is 55.0 Å². The fraction of sp³-hybridized carbons (Fsp3) is 0.667. The second kappa shape index (κ2) is 10.3. The third-order valence-electron chi connectivity index (χ3n) is 5.65. The molecule has 0 unspecified atom stereocenters. The van der Waals surface area contributed by atoms with Crippen LogP contribution in [0.3, 0.4) is 0 Å². The summed E-state index contributed by atoms with van der Waals surface area (Å²) in [5, 5.41) is 3.96. The highest BCUT2D eigenvalue weighted by molar-refractivity contribution is 6.30. The minimum absolute atomic E-state index is 0.181. The molecule has 0 aliphatic carbocycles. The Bertz CT molecular complexity index is 566. The van der Waals surface area contributed by atoms with Gasteiger partial charge in [-0.1, -0.05) is 30.2 Å². The number of carbonyl (C=O) groups is 1. The zero-order chi connectivity index (χ0) is 18.2. The number of benzene rings is 1. The largest absolute Gasteiger partial charge is 0.356 e. The van der Waals surface area contributed by atoms with Crippen LogP contribution in [0.15, 0.2) is 24.3 Å². The SMILES string of the molecule is O=C(NCCCN1CCCCC1)C1CCN(Cc2cccc(Cl)c2)CC1. The molecule has 5 heteroatoms. The molecule has 2 saturated heterocycles. The van der Waals surface area contributed by atoms with Crippen LogP contribution in [0.4, 0.5) is 0 Å². The zero-order valence-electron chi connectivity index (χ0n) is 15.8. The molecular weight excluding hydrogens is 346 g/mol. The summed E-state index contributed by atoms with van der Waals surface area (Å²) in [5.41, 5.74) is 1.25. The summed E-state index contributed by atoms with van der Waals surface area (Å²) >= 11 is 6.06. The molecule has 0 saturated carbocycles. The number of hydrogen-bond acceptors (Lipinski definition) is 3. The topological polar surface area (TPSA) is 35.6 Å². The lowest BCUT2D eigenvalue weighted by Crippen LogP contribution is -2.41. The molecule has 26 heavy (non-hydrogen) atoms. The van der Waals surface area contributed by atoms with Crippen molar-refractivity contribution in [3.63, 3.8) is 0 Å². The third-order valence-corrected chi connectivity index (χ3v) is 5.89. The van der Waals surface area contributed by atoms with E-state index in [1.807, 2.05) is 18.2 Å². The van der Waals surface area contributed by atoms with Gasteiger partial charge in [0.1, 0.15) is 0 Å². The van der Waals surface area contributed by atoms with Crippen molar-refractivity contribution in [1.82, 2.24) is 15.1 Å². The van der Waals surface area contributed by atoms with Gasteiger partial charge in [0.05, 0.1) is 0 Å². The van der Waals surface area contributed by atoms with Crippen LogP contribution in [0.2, 0.25) is 5.02 Å². The Balaban J connectivity index is 1.30. The number of piperidine rings is 2. The Morgan fingerprint density at radius 3 is 2.58 bits per heavy atom. The van der Waals surface area contributed by atoms with Crippen LogP contribution in [-0.2, 0) is 11.3 Å². The van der Waals surface area contributed by atoms with Gasteiger partial charge >= 0.3 is 0 Å². The van der Waals surface area contributed by atoms with Crippen molar-refractivity contribution >= 4 is 17.5 Å². The molecule has 2 fully saturated rings. The third kappa shape index (κ3) is 6.26. The van der Waals surface area contributed by atoms with E-state index in [2.05, 4.69) is 21.2 Å². The minimum atomic E-state index is 0.181. The average Bonchev–Trinajstić information content (AvgIpc) is 2.66. The van der Waals surface area contributed by atoms with Crippen LogP contribution < -0.4 is 5.32 Å². The van der Waals surface area contributed by atoms with Gasteiger partial charge < -0.3 is 10.2 Å². The van der Waals surface area contributed by atoms with Crippen molar-refractivity contribution in [1.29, 1.82) is 0 Å². The summed E-state index contributed by atoms with van der Waals surface area (Å²) in [7, 11) is 0. The Labute approximate surface area is 162 Å². The van der Waals surface area contributed by atoms with E-state index in [0.717, 1.165) is 57.0 Å². The molecule has 2 aliphatic heterocycles. The first kappa shape index (κ1) is 19.7. The standard InChI is InChI=1S/C21H32ClN3O/c22-20-7-4-6-18(16-20)17-25-14-8-19(9-15-25)21(26)23-10-5-13-24-11-2-1-3-12-24/h4,6-7,16,19H,1-3,5,8-15,17H2,(H,23,26). The molecule has 1 aromatic rings. The Morgan fingerprint density at radius 1 is 1.08 bits per heavy atom. The maximum Gasteiger partial charge on any atom is 0.223 e. The highest BCUT2D eigenvalue weighted by Crippen LogP contribution is 2.20. The first-order valence-corrected chi connectivity index (χ1v) is 10.6.